The number of rotatable bonds is 1. The number of benzene rings is 1. The molecule has 0 atom stereocenters. The average molecular weight is 272 g/mol. The molecule has 0 aromatic rings. The van der Waals surface area contributed by atoms with Crippen LogP contribution in [0.15, 0.2) is 24.3 Å². The minimum atomic E-state index is -5.80. The van der Waals surface area contributed by atoms with Gasteiger partial charge in [0.25, 0.3) is 0 Å². The van der Waals surface area contributed by atoms with Crippen molar-refractivity contribution in [2.75, 3.05) is 0 Å². The van der Waals surface area contributed by atoms with Gasteiger partial charge in [-0.1, -0.05) is 18.2 Å². The molecule has 0 unspecified atom stereocenters. The Labute approximate surface area is 96.8 Å². The lowest BCUT2D eigenvalue weighted by Gasteiger charge is -2.18. The molecule has 18 heavy (non-hydrogen) atoms. The molecule has 1 N–H and O–H groups in total. The Kier molecular flexibility index (Phi) is 3.59. The first-order valence-electron chi connectivity index (χ1n) is 4.50. The molecule has 0 heterocycles. The highest BCUT2D eigenvalue weighted by Crippen LogP contribution is 2.39. The van der Waals surface area contributed by atoms with E-state index >= 15 is 0 Å². The highest BCUT2D eigenvalue weighted by molar-refractivity contribution is 5.80. The zero-order valence-corrected chi connectivity index (χ0v) is 8.51. The van der Waals surface area contributed by atoms with Gasteiger partial charge in [-0.05, 0) is 17.2 Å². The number of carboxylic acids is 1. The summed E-state index contributed by atoms with van der Waals surface area (Å²) in [4.78, 5) is 9.55. The summed E-state index contributed by atoms with van der Waals surface area (Å²) >= 11 is 0. The molecule has 0 radical (unpaired) electrons. The van der Waals surface area contributed by atoms with E-state index in [1.165, 1.54) is 11.1 Å². The average Bonchev–Trinajstić information content (AvgIpc) is 2.68. The molecule has 0 saturated heterocycles. The van der Waals surface area contributed by atoms with Gasteiger partial charge in [0.2, 0.25) is 5.92 Å². The maximum atomic E-state index is 11.4. The smallest absolute Gasteiger partial charge is 0.411 e. The van der Waals surface area contributed by atoms with Gasteiger partial charge in [-0.2, -0.15) is 26.3 Å². The predicted molar refractivity (Wildman–Crippen MR) is 48.7 cm³/mol. The van der Waals surface area contributed by atoms with Crippen molar-refractivity contribution in [3.05, 3.63) is 24.3 Å². The van der Waals surface area contributed by atoms with Crippen LogP contribution in [0.2, 0.25) is 0 Å². The van der Waals surface area contributed by atoms with E-state index < -0.39 is 24.2 Å². The molecule has 2 aliphatic carbocycles. The van der Waals surface area contributed by atoms with Crippen molar-refractivity contribution in [2.24, 2.45) is 5.92 Å². The van der Waals surface area contributed by atoms with Crippen LogP contribution in [-0.2, 0) is 4.79 Å². The van der Waals surface area contributed by atoms with E-state index in [9.17, 15) is 31.1 Å². The summed E-state index contributed by atoms with van der Waals surface area (Å²) in [5.41, 5.74) is 2.85. The lowest BCUT2D eigenvalue weighted by Crippen LogP contribution is -2.42. The lowest BCUT2D eigenvalue weighted by atomic mass is 10.1. The van der Waals surface area contributed by atoms with Crippen molar-refractivity contribution in [1.82, 2.24) is 0 Å². The fourth-order valence-electron chi connectivity index (χ4n) is 1.14. The SMILES string of the molecule is O=C(O)C(C(F)(F)F)C(F)(F)F.c1cc2cc-2c1. The molecule has 100 valence electrons. The molecule has 0 saturated carbocycles. The van der Waals surface area contributed by atoms with Crippen LogP contribution in [0.25, 0.3) is 11.1 Å². The van der Waals surface area contributed by atoms with E-state index in [0.717, 1.165) is 0 Å². The van der Waals surface area contributed by atoms with Crippen LogP contribution in [0.4, 0.5) is 26.3 Å². The summed E-state index contributed by atoms with van der Waals surface area (Å²) in [6.45, 7) is 0. The van der Waals surface area contributed by atoms with Gasteiger partial charge >= 0.3 is 18.3 Å². The van der Waals surface area contributed by atoms with Gasteiger partial charge in [0.15, 0.2) is 0 Å². The third kappa shape index (κ3) is 3.64. The van der Waals surface area contributed by atoms with Gasteiger partial charge in [0.05, 0.1) is 0 Å². The normalized spacial score (nSPS) is 12.8. The monoisotopic (exact) mass is 272 g/mol. The second-order valence-corrected chi connectivity index (χ2v) is 3.44. The molecule has 2 rings (SSSR count). The van der Waals surface area contributed by atoms with Crippen molar-refractivity contribution in [3.8, 4) is 11.1 Å². The third-order valence-electron chi connectivity index (χ3n) is 2.01. The Balaban J connectivity index is 0.000000217. The second kappa shape index (κ2) is 4.51. The third-order valence-corrected chi connectivity index (χ3v) is 2.01. The number of alkyl halides is 6. The highest BCUT2D eigenvalue weighted by Gasteiger charge is 2.61. The molecular weight excluding hydrogens is 266 g/mol. The fraction of sp³-hybridized carbons (Fsp3) is 0.300. The molecule has 0 amide bonds. The summed E-state index contributed by atoms with van der Waals surface area (Å²) < 4.78 is 68.2. The predicted octanol–water partition coefficient (Wildman–Crippen LogP) is 3.48. The molecular formula is C10H6F6O2. The van der Waals surface area contributed by atoms with E-state index in [2.05, 4.69) is 24.3 Å². The fourth-order valence-corrected chi connectivity index (χ4v) is 1.14. The Hall–Kier alpha value is -1.73. The van der Waals surface area contributed by atoms with Gasteiger partial charge < -0.3 is 5.11 Å². The van der Waals surface area contributed by atoms with E-state index in [1.807, 2.05) is 0 Å². The summed E-state index contributed by atoms with van der Waals surface area (Å²) in [6.07, 6.45) is -11.6. The summed E-state index contributed by atoms with van der Waals surface area (Å²) in [5.74, 6) is -7.25. The first-order chi connectivity index (χ1) is 8.03. The molecule has 2 nitrogen and oxygen atoms in total. The van der Waals surface area contributed by atoms with Gasteiger partial charge in [0.1, 0.15) is 0 Å². The molecule has 8 heteroatoms. The Bertz CT molecular complexity index is 417. The first kappa shape index (κ1) is 14.3. The van der Waals surface area contributed by atoms with Crippen molar-refractivity contribution in [2.45, 2.75) is 12.4 Å². The van der Waals surface area contributed by atoms with Crippen molar-refractivity contribution in [1.29, 1.82) is 0 Å². The quantitative estimate of drug-likeness (QED) is 0.807. The van der Waals surface area contributed by atoms with E-state index in [4.69, 9.17) is 5.11 Å². The van der Waals surface area contributed by atoms with Crippen molar-refractivity contribution < 1.29 is 36.2 Å². The minimum Gasteiger partial charge on any atom is -0.481 e. The van der Waals surface area contributed by atoms with E-state index in [1.54, 1.807) is 0 Å². The summed E-state index contributed by atoms with van der Waals surface area (Å²) in [7, 11) is 0. The van der Waals surface area contributed by atoms with E-state index in [-0.39, 0.29) is 0 Å². The van der Waals surface area contributed by atoms with Crippen LogP contribution in [-0.4, -0.2) is 23.4 Å². The number of carbonyl (C=O) groups is 1. The largest absolute Gasteiger partial charge is 0.481 e. The topological polar surface area (TPSA) is 37.3 Å². The zero-order valence-electron chi connectivity index (χ0n) is 8.51. The summed E-state index contributed by atoms with van der Waals surface area (Å²) in [5, 5.41) is 7.60. The Morgan fingerprint density at radius 1 is 1.00 bits per heavy atom. The van der Waals surface area contributed by atoms with Crippen LogP contribution < -0.4 is 0 Å². The molecule has 0 spiro atoms. The molecule has 0 aromatic carbocycles. The Morgan fingerprint density at radius 2 is 1.39 bits per heavy atom. The van der Waals surface area contributed by atoms with Gasteiger partial charge in [0, 0.05) is 0 Å². The number of halogens is 6. The highest BCUT2D eigenvalue weighted by atomic mass is 19.4. The molecule has 0 fully saturated rings. The van der Waals surface area contributed by atoms with Crippen LogP contribution in [0, 0.1) is 5.92 Å². The minimum absolute atomic E-state index is 1.43. The van der Waals surface area contributed by atoms with Crippen LogP contribution in [0.5, 0.6) is 0 Å². The van der Waals surface area contributed by atoms with Crippen molar-refractivity contribution >= 4 is 5.97 Å². The molecule has 2 aliphatic rings. The Morgan fingerprint density at radius 3 is 1.44 bits per heavy atom. The number of aliphatic carboxylic acids is 1. The van der Waals surface area contributed by atoms with Crippen LogP contribution in [0.1, 0.15) is 0 Å². The number of hydrogen-bond acceptors (Lipinski definition) is 1. The maximum absolute atomic E-state index is 11.4. The molecule has 0 aliphatic heterocycles. The second-order valence-electron chi connectivity index (χ2n) is 3.44. The van der Waals surface area contributed by atoms with Gasteiger partial charge in [-0.3, -0.25) is 4.79 Å². The zero-order chi connectivity index (χ0) is 14.1. The van der Waals surface area contributed by atoms with Gasteiger partial charge in [-0.25, -0.2) is 0 Å². The number of hydrogen-bond donors (Lipinski definition) is 1. The van der Waals surface area contributed by atoms with Gasteiger partial charge in [-0.15, -0.1) is 0 Å². The first-order valence-corrected chi connectivity index (χ1v) is 4.50. The lowest BCUT2D eigenvalue weighted by molar-refractivity contribution is -0.280. The van der Waals surface area contributed by atoms with Crippen molar-refractivity contribution in [3.63, 3.8) is 0 Å². The molecule has 0 bridgehead atoms. The number of carboxylic acid groups (broad SMARTS) is 1. The summed E-state index contributed by atoms with van der Waals surface area (Å²) in [6, 6.07) is 8.48. The molecule has 0 aromatic heterocycles. The van der Waals surface area contributed by atoms with Crippen LogP contribution >= 0.6 is 0 Å². The van der Waals surface area contributed by atoms with E-state index in [0.29, 0.717) is 0 Å². The number of fused-ring (bicyclic) bond motifs is 1. The van der Waals surface area contributed by atoms with Crippen LogP contribution in [0.3, 0.4) is 0 Å². The maximum Gasteiger partial charge on any atom is 0.411 e. The standard InChI is InChI=1S/C6H4.C4H2F6O2/c1-2-5-4-6(5)3-1;5-3(6,7)1(2(11)12)4(8,9)10/h1-4H;1H,(H,11,12).